The molecule has 3 N–H and O–H groups in total. The Balaban J connectivity index is 1.59. The molecule has 1 amide bonds. The molecule has 6 nitrogen and oxygen atoms in total. The van der Waals surface area contributed by atoms with Crippen molar-refractivity contribution in [2.75, 3.05) is 18.4 Å². The van der Waals surface area contributed by atoms with Crippen LogP contribution in [0.5, 0.6) is 0 Å². The largest absolute Gasteiger partial charge is 0.365 e. The van der Waals surface area contributed by atoms with Gasteiger partial charge in [-0.05, 0) is 49.9 Å². The van der Waals surface area contributed by atoms with Crippen LogP contribution in [0, 0.1) is 0 Å². The first kappa shape index (κ1) is 19.1. The lowest BCUT2D eigenvalue weighted by atomic mass is 9.92. The predicted octanol–water partition coefficient (Wildman–Crippen LogP) is 3.46. The second kappa shape index (κ2) is 9.35. The maximum absolute atomic E-state index is 11.0. The quantitative estimate of drug-likeness (QED) is 0.415. The van der Waals surface area contributed by atoms with Gasteiger partial charge in [-0.2, -0.15) is 0 Å². The van der Waals surface area contributed by atoms with E-state index in [1.165, 1.54) is 51.1 Å². The molecule has 2 heterocycles. The van der Waals surface area contributed by atoms with Gasteiger partial charge in [-0.1, -0.05) is 30.9 Å². The van der Waals surface area contributed by atoms with Gasteiger partial charge < -0.3 is 5.32 Å². The molecule has 142 valence electrons. The molecule has 0 radical (unpaired) electrons. The number of hydroxylamine groups is 1. The number of halogens is 1. The summed E-state index contributed by atoms with van der Waals surface area (Å²) in [5.41, 5.74) is 2.26. The number of hydrogen-bond donors (Lipinski definition) is 3. The first-order valence-corrected chi connectivity index (χ1v) is 9.82. The Morgan fingerprint density at radius 3 is 2.81 bits per heavy atom. The number of amides is 1. The van der Waals surface area contributed by atoms with Gasteiger partial charge in [-0.3, -0.25) is 14.9 Å². The number of carbonyl (C=O) groups excluding carboxylic acids is 1. The summed E-state index contributed by atoms with van der Waals surface area (Å²) in [6.07, 6.45) is 13.5. The molecule has 26 heavy (non-hydrogen) atoms. The summed E-state index contributed by atoms with van der Waals surface area (Å²) in [4.78, 5) is 18.1. The summed E-state index contributed by atoms with van der Waals surface area (Å²) in [6, 6.07) is 2.86. The van der Waals surface area contributed by atoms with Crippen LogP contribution in [-0.2, 0) is 4.79 Å². The molecule has 7 heteroatoms. The van der Waals surface area contributed by atoms with Crippen molar-refractivity contribution in [3.05, 3.63) is 28.9 Å². The van der Waals surface area contributed by atoms with Gasteiger partial charge >= 0.3 is 0 Å². The molecule has 1 saturated carbocycles. The highest BCUT2D eigenvalue weighted by Crippen LogP contribution is 2.27. The lowest BCUT2D eigenvalue weighted by Crippen LogP contribution is -2.47. The molecule has 1 aromatic rings. The van der Waals surface area contributed by atoms with E-state index in [0.717, 1.165) is 19.0 Å². The summed E-state index contributed by atoms with van der Waals surface area (Å²) in [6.45, 7) is 2.24. The van der Waals surface area contributed by atoms with Gasteiger partial charge in [0, 0.05) is 30.9 Å². The molecular formula is C19H27ClN4O2. The van der Waals surface area contributed by atoms with Gasteiger partial charge in [0.2, 0.25) is 0 Å². The molecule has 1 atom stereocenters. The van der Waals surface area contributed by atoms with Crippen LogP contribution < -0.4 is 10.8 Å². The standard InChI is InChI=1S/C19H27ClN4O2/c20-17-11-14(8-9-18(25)23-26)12-21-19(17)22-15-5-4-10-24(13-15)16-6-2-1-3-7-16/h8-9,11-12,15-16,26H,1-7,10,13H2,(H,21,22)(H,23,25)/t15-/m1/s1. The highest BCUT2D eigenvalue weighted by Gasteiger charge is 2.27. The van der Waals surface area contributed by atoms with Crippen molar-refractivity contribution >= 4 is 29.4 Å². The van der Waals surface area contributed by atoms with E-state index in [1.807, 2.05) is 0 Å². The smallest absolute Gasteiger partial charge is 0.267 e. The molecule has 0 aromatic carbocycles. The van der Waals surface area contributed by atoms with Gasteiger partial charge in [0.05, 0.1) is 5.02 Å². The average Bonchev–Trinajstić information content (AvgIpc) is 2.69. The molecule has 0 spiro atoms. The average molecular weight is 379 g/mol. The van der Waals surface area contributed by atoms with Gasteiger partial charge in [-0.15, -0.1) is 0 Å². The Kier molecular flexibility index (Phi) is 6.88. The molecule has 1 saturated heterocycles. The van der Waals surface area contributed by atoms with Crippen LogP contribution in [0.2, 0.25) is 5.02 Å². The number of likely N-dealkylation sites (tertiary alicyclic amines) is 1. The minimum Gasteiger partial charge on any atom is -0.365 e. The fourth-order valence-corrected chi connectivity index (χ4v) is 4.18. The molecule has 1 aromatic heterocycles. The summed E-state index contributed by atoms with van der Waals surface area (Å²) in [5, 5.41) is 12.5. The van der Waals surface area contributed by atoms with Crippen molar-refractivity contribution in [2.45, 2.75) is 57.0 Å². The zero-order chi connectivity index (χ0) is 18.4. The van der Waals surface area contributed by atoms with Crippen LogP contribution in [-0.4, -0.2) is 46.2 Å². The van der Waals surface area contributed by atoms with Crippen LogP contribution in [0.15, 0.2) is 18.3 Å². The highest BCUT2D eigenvalue weighted by atomic mass is 35.5. The van der Waals surface area contributed by atoms with Crippen LogP contribution in [0.4, 0.5) is 5.82 Å². The number of piperidine rings is 1. The van der Waals surface area contributed by atoms with Crippen molar-refractivity contribution in [1.82, 2.24) is 15.4 Å². The first-order valence-electron chi connectivity index (χ1n) is 9.44. The topological polar surface area (TPSA) is 77.5 Å². The molecule has 2 aliphatic rings. The van der Waals surface area contributed by atoms with E-state index < -0.39 is 5.91 Å². The van der Waals surface area contributed by atoms with Crippen LogP contribution in [0.1, 0.15) is 50.5 Å². The van der Waals surface area contributed by atoms with E-state index >= 15 is 0 Å². The third kappa shape index (κ3) is 5.19. The van der Waals surface area contributed by atoms with Crippen LogP contribution in [0.3, 0.4) is 0 Å². The van der Waals surface area contributed by atoms with E-state index in [1.54, 1.807) is 23.8 Å². The summed E-state index contributed by atoms with van der Waals surface area (Å²) < 4.78 is 0. The SMILES string of the molecule is O=C(C=Cc1cnc(N[C@@H]2CCCN(C3CCCCC3)C2)c(Cl)c1)NO. The number of hydrogen-bond acceptors (Lipinski definition) is 5. The van der Waals surface area contributed by atoms with E-state index in [9.17, 15) is 4.79 Å². The number of nitrogens with zero attached hydrogens (tertiary/aromatic N) is 2. The number of carbonyl (C=O) groups is 1. The Hall–Kier alpha value is -1.63. The molecule has 2 fully saturated rings. The maximum atomic E-state index is 11.0. The van der Waals surface area contributed by atoms with Crippen molar-refractivity contribution in [1.29, 1.82) is 0 Å². The number of aromatic nitrogens is 1. The fraction of sp³-hybridized carbons (Fsp3) is 0.579. The Morgan fingerprint density at radius 1 is 1.27 bits per heavy atom. The Bertz CT molecular complexity index is 646. The molecular weight excluding hydrogens is 352 g/mol. The molecule has 1 aliphatic heterocycles. The number of rotatable bonds is 5. The predicted molar refractivity (Wildman–Crippen MR) is 103 cm³/mol. The second-order valence-corrected chi connectivity index (χ2v) is 7.59. The zero-order valence-corrected chi connectivity index (χ0v) is 15.7. The van der Waals surface area contributed by atoms with E-state index in [2.05, 4.69) is 15.2 Å². The molecule has 0 unspecified atom stereocenters. The zero-order valence-electron chi connectivity index (χ0n) is 15.0. The number of pyridine rings is 1. The minimum absolute atomic E-state index is 0.359. The molecule has 1 aliphatic carbocycles. The third-order valence-corrected chi connectivity index (χ3v) is 5.57. The van der Waals surface area contributed by atoms with Gasteiger partial charge in [-0.25, -0.2) is 10.5 Å². The summed E-state index contributed by atoms with van der Waals surface area (Å²) in [5.74, 6) is 0.0965. The summed E-state index contributed by atoms with van der Waals surface area (Å²) >= 11 is 6.36. The van der Waals surface area contributed by atoms with Crippen molar-refractivity contribution in [3.63, 3.8) is 0 Å². The number of nitrogens with one attached hydrogen (secondary N) is 2. The van der Waals surface area contributed by atoms with Crippen molar-refractivity contribution in [3.8, 4) is 0 Å². The van der Waals surface area contributed by atoms with E-state index in [4.69, 9.17) is 16.8 Å². The van der Waals surface area contributed by atoms with Gasteiger partial charge in [0.15, 0.2) is 0 Å². The van der Waals surface area contributed by atoms with E-state index in [0.29, 0.717) is 22.4 Å². The van der Waals surface area contributed by atoms with E-state index in [-0.39, 0.29) is 0 Å². The lowest BCUT2D eigenvalue weighted by molar-refractivity contribution is -0.124. The lowest BCUT2D eigenvalue weighted by Gasteiger charge is -2.40. The second-order valence-electron chi connectivity index (χ2n) is 7.18. The van der Waals surface area contributed by atoms with Gasteiger partial charge in [0.1, 0.15) is 5.82 Å². The Labute approximate surface area is 159 Å². The number of anilines is 1. The fourth-order valence-electron chi connectivity index (χ4n) is 3.95. The Morgan fingerprint density at radius 2 is 2.08 bits per heavy atom. The normalized spacial score (nSPS) is 22.5. The first-order chi connectivity index (χ1) is 12.7. The third-order valence-electron chi connectivity index (χ3n) is 5.28. The monoisotopic (exact) mass is 378 g/mol. The van der Waals surface area contributed by atoms with Crippen LogP contribution in [0.25, 0.3) is 6.08 Å². The molecule has 0 bridgehead atoms. The minimum atomic E-state index is -0.590. The van der Waals surface area contributed by atoms with Gasteiger partial charge in [0.25, 0.3) is 5.91 Å². The van der Waals surface area contributed by atoms with Crippen molar-refractivity contribution < 1.29 is 10.0 Å². The van der Waals surface area contributed by atoms with Crippen LogP contribution >= 0.6 is 11.6 Å². The van der Waals surface area contributed by atoms with Crippen molar-refractivity contribution in [2.24, 2.45) is 0 Å². The maximum Gasteiger partial charge on any atom is 0.267 e. The summed E-state index contributed by atoms with van der Waals surface area (Å²) in [7, 11) is 0. The highest BCUT2D eigenvalue weighted by molar-refractivity contribution is 6.33. The molecule has 3 rings (SSSR count).